The molecule has 2 N–H and O–H groups in total. The first-order chi connectivity index (χ1) is 14.0. The van der Waals surface area contributed by atoms with E-state index in [1.165, 1.54) is 11.8 Å². The number of aromatic nitrogens is 2. The summed E-state index contributed by atoms with van der Waals surface area (Å²) in [7, 11) is 0. The first-order valence-electron chi connectivity index (χ1n) is 9.38. The van der Waals surface area contributed by atoms with E-state index < -0.39 is 0 Å². The zero-order chi connectivity index (χ0) is 20.6. The van der Waals surface area contributed by atoms with Gasteiger partial charge in [-0.1, -0.05) is 23.9 Å². The summed E-state index contributed by atoms with van der Waals surface area (Å²) in [6.07, 6.45) is 1.63. The van der Waals surface area contributed by atoms with Crippen molar-refractivity contribution in [3.63, 3.8) is 0 Å². The fourth-order valence-corrected chi connectivity index (χ4v) is 3.24. The number of carbonyl (C=O) groups excluding carboxylic acids is 1. The third-order valence-electron chi connectivity index (χ3n) is 3.74. The lowest BCUT2D eigenvalue weighted by Crippen LogP contribution is -2.19. The van der Waals surface area contributed by atoms with Gasteiger partial charge < -0.3 is 14.5 Å². The highest BCUT2D eigenvalue weighted by Crippen LogP contribution is 2.29. The maximum absolute atomic E-state index is 12.0. The molecule has 8 heteroatoms. The van der Waals surface area contributed by atoms with Gasteiger partial charge in [-0.15, -0.1) is 0 Å². The van der Waals surface area contributed by atoms with Gasteiger partial charge in [-0.05, 0) is 56.7 Å². The monoisotopic (exact) mass is 412 g/mol. The van der Waals surface area contributed by atoms with Crippen LogP contribution in [0.3, 0.4) is 0 Å². The molecule has 1 amide bonds. The van der Waals surface area contributed by atoms with Gasteiger partial charge in [-0.2, -0.15) is 5.10 Å². The van der Waals surface area contributed by atoms with E-state index in [9.17, 15) is 4.79 Å². The van der Waals surface area contributed by atoms with Crippen LogP contribution in [0.25, 0.3) is 11.0 Å². The van der Waals surface area contributed by atoms with Gasteiger partial charge in [0.25, 0.3) is 5.91 Å². The highest BCUT2D eigenvalue weighted by Gasteiger charge is 2.08. The molecule has 1 aromatic heterocycles. The predicted molar refractivity (Wildman–Crippen MR) is 116 cm³/mol. The number of H-pyrrole nitrogens is 1. The smallest absolute Gasteiger partial charge is 0.250 e. The fourth-order valence-electron chi connectivity index (χ4n) is 2.57. The van der Waals surface area contributed by atoms with E-state index >= 15 is 0 Å². The molecule has 2 aromatic carbocycles. The van der Waals surface area contributed by atoms with Crippen molar-refractivity contribution in [1.82, 2.24) is 15.4 Å². The number of ether oxygens (including phenoxy) is 2. The number of nitrogens with one attached hydrogen (secondary N) is 2. The molecule has 29 heavy (non-hydrogen) atoms. The van der Waals surface area contributed by atoms with Gasteiger partial charge in [0.05, 0.1) is 35.7 Å². The molecule has 0 aliphatic carbocycles. The Hall–Kier alpha value is -3.00. The van der Waals surface area contributed by atoms with Crippen LogP contribution in [0.5, 0.6) is 11.5 Å². The van der Waals surface area contributed by atoms with Crippen molar-refractivity contribution in [1.29, 1.82) is 0 Å². The third-order valence-corrected chi connectivity index (χ3v) is 4.61. The van der Waals surface area contributed by atoms with E-state index in [0.717, 1.165) is 16.6 Å². The average molecular weight is 413 g/mol. The lowest BCUT2D eigenvalue weighted by atomic mass is 10.2. The highest BCUT2D eigenvalue weighted by atomic mass is 32.2. The molecule has 152 valence electrons. The van der Waals surface area contributed by atoms with Crippen LogP contribution in [0.15, 0.2) is 52.7 Å². The molecule has 0 fully saturated rings. The Morgan fingerprint density at radius 1 is 1.28 bits per heavy atom. The number of benzene rings is 2. The molecule has 0 bridgehead atoms. The van der Waals surface area contributed by atoms with E-state index in [-0.39, 0.29) is 17.8 Å². The highest BCUT2D eigenvalue weighted by molar-refractivity contribution is 7.99. The van der Waals surface area contributed by atoms with Crippen LogP contribution in [-0.4, -0.2) is 40.6 Å². The van der Waals surface area contributed by atoms with E-state index in [4.69, 9.17) is 9.47 Å². The Morgan fingerprint density at radius 3 is 2.86 bits per heavy atom. The quantitative estimate of drug-likeness (QED) is 0.315. The summed E-state index contributed by atoms with van der Waals surface area (Å²) in [4.78, 5) is 19.6. The number of hydrogen-bond donors (Lipinski definition) is 2. The van der Waals surface area contributed by atoms with Gasteiger partial charge >= 0.3 is 0 Å². The maximum atomic E-state index is 12.0. The molecule has 3 rings (SSSR count). The number of hydrogen-bond acceptors (Lipinski definition) is 6. The first kappa shape index (κ1) is 20.7. The molecule has 0 aliphatic heterocycles. The van der Waals surface area contributed by atoms with Crippen molar-refractivity contribution >= 4 is 34.9 Å². The molecular formula is C21H24N4O3S. The molecular weight excluding hydrogens is 388 g/mol. The third kappa shape index (κ3) is 5.99. The molecule has 7 nitrogen and oxygen atoms in total. The maximum Gasteiger partial charge on any atom is 0.250 e. The number of rotatable bonds is 9. The molecule has 0 aliphatic rings. The summed E-state index contributed by atoms with van der Waals surface area (Å²) >= 11 is 1.33. The molecule has 0 unspecified atom stereocenters. The van der Waals surface area contributed by atoms with Crippen LogP contribution in [0, 0.1) is 0 Å². The van der Waals surface area contributed by atoms with Gasteiger partial charge in [0.1, 0.15) is 0 Å². The second-order valence-corrected chi connectivity index (χ2v) is 7.41. The topological polar surface area (TPSA) is 88.6 Å². The number of imidazole rings is 1. The van der Waals surface area contributed by atoms with E-state index in [1.807, 2.05) is 63.2 Å². The minimum atomic E-state index is -0.212. The van der Waals surface area contributed by atoms with Crippen molar-refractivity contribution in [2.75, 3.05) is 12.4 Å². The molecule has 0 radical (unpaired) electrons. The largest absolute Gasteiger partial charge is 0.490 e. The molecule has 3 aromatic rings. The van der Waals surface area contributed by atoms with Crippen molar-refractivity contribution in [3.8, 4) is 11.5 Å². The summed E-state index contributed by atoms with van der Waals surface area (Å²) in [6, 6.07) is 13.3. The van der Waals surface area contributed by atoms with E-state index in [2.05, 4.69) is 20.5 Å². The van der Waals surface area contributed by atoms with Crippen molar-refractivity contribution in [2.45, 2.75) is 32.0 Å². The molecule has 0 saturated heterocycles. The Balaban J connectivity index is 1.54. The Bertz CT molecular complexity index is 968. The predicted octanol–water partition coefficient (Wildman–Crippen LogP) is 3.99. The van der Waals surface area contributed by atoms with Crippen molar-refractivity contribution in [3.05, 3.63) is 48.0 Å². The van der Waals surface area contributed by atoms with Crippen LogP contribution in [0.4, 0.5) is 0 Å². The van der Waals surface area contributed by atoms with Crippen molar-refractivity contribution < 1.29 is 14.3 Å². The SMILES string of the molecule is CCOc1cc(/C=N\NC(=O)CSc2nc3ccccc3[nH]2)ccc1OC(C)C. The number of nitrogens with zero attached hydrogens (tertiary/aromatic N) is 2. The summed E-state index contributed by atoms with van der Waals surface area (Å²) < 4.78 is 11.4. The average Bonchev–Trinajstić information content (AvgIpc) is 3.11. The summed E-state index contributed by atoms with van der Waals surface area (Å²) in [5.41, 5.74) is 5.16. The van der Waals surface area contributed by atoms with Crippen LogP contribution >= 0.6 is 11.8 Å². The van der Waals surface area contributed by atoms with Gasteiger partial charge in [0.2, 0.25) is 0 Å². The van der Waals surface area contributed by atoms with Gasteiger partial charge in [-0.25, -0.2) is 10.4 Å². The number of fused-ring (bicyclic) bond motifs is 1. The van der Waals surface area contributed by atoms with Gasteiger partial charge in [0, 0.05) is 0 Å². The van der Waals surface area contributed by atoms with Crippen LogP contribution in [0.2, 0.25) is 0 Å². The van der Waals surface area contributed by atoms with Crippen molar-refractivity contribution in [2.24, 2.45) is 5.10 Å². The van der Waals surface area contributed by atoms with Crippen LogP contribution in [-0.2, 0) is 4.79 Å². The standard InChI is InChI=1S/C21H24N4O3S/c1-4-27-19-11-15(9-10-18(19)28-14(2)3)12-22-25-20(26)13-29-21-23-16-7-5-6-8-17(16)24-21/h5-12,14H,4,13H2,1-3H3,(H,23,24)(H,25,26)/b22-12-. The van der Waals surface area contributed by atoms with E-state index in [0.29, 0.717) is 23.3 Å². The number of aromatic amines is 1. The molecule has 0 saturated carbocycles. The Labute approximate surface area is 173 Å². The lowest BCUT2D eigenvalue weighted by Gasteiger charge is -2.14. The number of thioether (sulfide) groups is 1. The van der Waals surface area contributed by atoms with Crippen LogP contribution < -0.4 is 14.9 Å². The number of para-hydroxylation sites is 2. The van der Waals surface area contributed by atoms with E-state index in [1.54, 1.807) is 6.21 Å². The Kier molecular flexibility index (Phi) is 7.13. The molecule has 0 spiro atoms. The second-order valence-electron chi connectivity index (χ2n) is 6.45. The summed E-state index contributed by atoms with van der Waals surface area (Å²) in [5, 5.41) is 4.72. The van der Waals surface area contributed by atoms with Gasteiger partial charge in [0.15, 0.2) is 16.7 Å². The minimum absolute atomic E-state index is 0.0530. The molecule has 1 heterocycles. The van der Waals surface area contributed by atoms with Crippen LogP contribution in [0.1, 0.15) is 26.3 Å². The molecule has 0 atom stereocenters. The second kappa shape index (κ2) is 9.97. The fraction of sp³-hybridized carbons (Fsp3) is 0.286. The summed E-state index contributed by atoms with van der Waals surface area (Å²) in [6.45, 7) is 6.37. The number of hydrazone groups is 1. The number of amides is 1. The summed E-state index contributed by atoms with van der Waals surface area (Å²) in [5.74, 6) is 1.33. The van der Waals surface area contributed by atoms with Gasteiger partial charge in [-0.3, -0.25) is 4.79 Å². The first-order valence-corrected chi connectivity index (χ1v) is 10.4. The minimum Gasteiger partial charge on any atom is -0.490 e. The number of carbonyl (C=O) groups is 1. The normalized spacial score (nSPS) is 11.3. The lowest BCUT2D eigenvalue weighted by molar-refractivity contribution is -0.118. The Morgan fingerprint density at radius 2 is 2.10 bits per heavy atom. The zero-order valence-electron chi connectivity index (χ0n) is 16.6. The zero-order valence-corrected chi connectivity index (χ0v) is 17.5.